The van der Waals surface area contributed by atoms with Crippen molar-refractivity contribution in [2.75, 3.05) is 0 Å². The van der Waals surface area contributed by atoms with Crippen molar-refractivity contribution in [1.82, 2.24) is 14.8 Å². The monoisotopic (exact) mass is 538 g/mol. The Kier molecular flexibility index (Phi) is 7.08. The number of rotatable bonds is 7. The number of aryl methyl sites for hydroxylation is 2. The fourth-order valence-corrected chi connectivity index (χ4v) is 5.45. The number of amides is 3. The molecule has 0 saturated carbocycles. The van der Waals surface area contributed by atoms with Crippen LogP contribution in [0.5, 0.6) is 0 Å². The number of aromatic nitrogens is 1. The van der Waals surface area contributed by atoms with Crippen LogP contribution in [0.3, 0.4) is 0 Å². The minimum Gasteiger partial charge on any atom is -0.318 e. The van der Waals surface area contributed by atoms with Gasteiger partial charge in [0.1, 0.15) is 5.70 Å². The molecular weight excluding hydrogens is 512 g/mol. The first-order valence-electron chi connectivity index (χ1n) is 12.3. The molecule has 0 atom stereocenters. The highest BCUT2D eigenvalue weighted by atomic mass is 32.2. The Bertz CT molecular complexity index is 1620. The van der Waals surface area contributed by atoms with Crippen LogP contribution in [0.1, 0.15) is 28.1 Å². The molecule has 1 saturated heterocycles. The van der Waals surface area contributed by atoms with Crippen molar-refractivity contribution in [2.24, 2.45) is 0 Å². The van der Waals surface area contributed by atoms with Gasteiger partial charge in [-0.25, -0.2) is 4.79 Å². The van der Waals surface area contributed by atoms with Crippen molar-refractivity contribution in [3.8, 4) is 5.69 Å². The average molecular weight is 539 g/mol. The van der Waals surface area contributed by atoms with Gasteiger partial charge < -0.3 is 9.88 Å². The molecule has 2 heterocycles. The molecule has 5 rings (SSSR count). The van der Waals surface area contributed by atoms with E-state index in [4.69, 9.17) is 0 Å². The third kappa shape index (κ3) is 5.49. The summed E-state index contributed by atoms with van der Waals surface area (Å²) in [6.45, 7) is 6.16. The number of nitrogens with one attached hydrogen (secondary N) is 1. The first-order valence-corrected chi connectivity index (χ1v) is 13.1. The molecule has 9 heteroatoms. The lowest BCUT2D eigenvalue weighted by atomic mass is 10.1. The molecule has 1 aliphatic heterocycles. The van der Waals surface area contributed by atoms with Gasteiger partial charge >= 0.3 is 6.03 Å². The van der Waals surface area contributed by atoms with E-state index in [-0.39, 0.29) is 23.8 Å². The van der Waals surface area contributed by atoms with E-state index in [0.29, 0.717) is 0 Å². The maximum Gasteiger partial charge on any atom is 0.329 e. The second kappa shape index (κ2) is 10.6. The van der Waals surface area contributed by atoms with Gasteiger partial charge in [0.2, 0.25) is 0 Å². The van der Waals surface area contributed by atoms with Gasteiger partial charge in [-0.15, -0.1) is 0 Å². The molecule has 1 fully saturated rings. The minimum atomic E-state index is -0.428. The van der Waals surface area contributed by atoms with Gasteiger partial charge in [-0.1, -0.05) is 41.6 Å². The molecule has 0 radical (unpaired) electrons. The van der Waals surface area contributed by atoms with E-state index in [9.17, 15) is 19.7 Å². The van der Waals surface area contributed by atoms with E-state index in [1.165, 1.54) is 28.8 Å². The lowest BCUT2D eigenvalue weighted by molar-refractivity contribution is -0.384. The van der Waals surface area contributed by atoms with Crippen LogP contribution in [0, 0.1) is 30.9 Å². The molecule has 3 amide bonds. The topological polar surface area (TPSA) is 97.5 Å². The van der Waals surface area contributed by atoms with Crippen LogP contribution in [0.2, 0.25) is 0 Å². The highest BCUT2D eigenvalue weighted by Crippen LogP contribution is 2.31. The van der Waals surface area contributed by atoms with Crippen LogP contribution in [-0.2, 0) is 11.3 Å². The summed E-state index contributed by atoms with van der Waals surface area (Å²) in [5.74, 6) is -0.348. The number of nitro benzene ring substituents is 1. The van der Waals surface area contributed by atoms with Crippen molar-refractivity contribution in [3.63, 3.8) is 0 Å². The van der Waals surface area contributed by atoms with Crippen LogP contribution in [-0.4, -0.2) is 26.3 Å². The van der Waals surface area contributed by atoms with Gasteiger partial charge in [0.05, 0.1) is 11.5 Å². The van der Waals surface area contributed by atoms with Crippen molar-refractivity contribution in [1.29, 1.82) is 0 Å². The highest BCUT2D eigenvalue weighted by Gasteiger charge is 2.33. The number of hydrogen-bond acceptors (Lipinski definition) is 5. The van der Waals surface area contributed by atoms with E-state index in [2.05, 4.69) is 9.88 Å². The van der Waals surface area contributed by atoms with Crippen molar-refractivity contribution < 1.29 is 14.5 Å². The largest absolute Gasteiger partial charge is 0.329 e. The zero-order valence-electron chi connectivity index (χ0n) is 21.7. The average Bonchev–Trinajstić information content (AvgIpc) is 3.33. The summed E-state index contributed by atoms with van der Waals surface area (Å²) in [6.07, 6.45) is 1.73. The summed E-state index contributed by atoms with van der Waals surface area (Å²) in [5, 5.41) is 13.6. The van der Waals surface area contributed by atoms with Gasteiger partial charge in [0.25, 0.3) is 11.6 Å². The van der Waals surface area contributed by atoms with E-state index < -0.39 is 11.0 Å². The molecule has 1 aliphatic rings. The quantitative estimate of drug-likeness (QED) is 0.124. The fraction of sp³-hybridized carbons (Fsp3) is 0.133. The van der Waals surface area contributed by atoms with E-state index in [1.807, 2.05) is 75.4 Å². The summed E-state index contributed by atoms with van der Waals surface area (Å²) in [4.78, 5) is 39.2. The van der Waals surface area contributed by atoms with E-state index in [0.717, 1.165) is 43.6 Å². The Balaban J connectivity index is 1.33. The summed E-state index contributed by atoms with van der Waals surface area (Å²) >= 11 is 1.52. The zero-order valence-corrected chi connectivity index (χ0v) is 22.5. The third-order valence-corrected chi connectivity index (χ3v) is 7.55. The number of carbonyl (C=O) groups is 2. The second-order valence-electron chi connectivity index (χ2n) is 9.38. The predicted octanol–water partition coefficient (Wildman–Crippen LogP) is 6.55. The standard InChI is InChI=1S/C30H26N4O4S/c1-19-5-4-6-22(15-19)18-32-29(35)28(31-30(32)36)17-23-16-20(2)33(21(23)3)24-7-11-26(12-8-24)39-27-13-9-25(10-14-27)34(37)38/h4-17H,18H2,1-3H3,(H,31,36)/b28-17+. The Labute approximate surface area is 230 Å². The van der Waals surface area contributed by atoms with Crippen LogP contribution in [0.4, 0.5) is 10.5 Å². The Morgan fingerprint density at radius 1 is 0.923 bits per heavy atom. The van der Waals surface area contributed by atoms with E-state index in [1.54, 1.807) is 18.2 Å². The number of nitro groups is 1. The third-order valence-electron chi connectivity index (χ3n) is 6.53. The fourth-order valence-electron chi connectivity index (χ4n) is 4.63. The molecule has 8 nitrogen and oxygen atoms in total. The lowest BCUT2D eigenvalue weighted by Crippen LogP contribution is -2.30. The smallest absolute Gasteiger partial charge is 0.318 e. The molecule has 1 aromatic heterocycles. The second-order valence-corrected chi connectivity index (χ2v) is 10.5. The molecule has 39 heavy (non-hydrogen) atoms. The number of benzene rings is 3. The maximum atomic E-state index is 13.1. The molecule has 0 aliphatic carbocycles. The summed E-state index contributed by atoms with van der Waals surface area (Å²) < 4.78 is 2.10. The number of carbonyl (C=O) groups excluding carboxylic acids is 2. The van der Waals surface area contributed by atoms with E-state index >= 15 is 0 Å². The first kappa shape index (κ1) is 26.0. The Morgan fingerprint density at radius 3 is 2.23 bits per heavy atom. The molecule has 3 aromatic carbocycles. The molecule has 196 valence electrons. The Morgan fingerprint density at radius 2 is 1.59 bits per heavy atom. The number of non-ortho nitro benzene ring substituents is 1. The number of hydrogen-bond donors (Lipinski definition) is 1. The van der Waals surface area contributed by atoms with Gasteiger partial charge in [0, 0.05) is 39.0 Å². The maximum absolute atomic E-state index is 13.1. The Hall–Kier alpha value is -4.63. The van der Waals surface area contributed by atoms with Crippen molar-refractivity contribution in [3.05, 3.63) is 123 Å². The van der Waals surface area contributed by atoms with Crippen molar-refractivity contribution in [2.45, 2.75) is 37.1 Å². The van der Waals surface area contributed by atoms with Crippen LogP contribution < -0.4 is 5.32 Å². The molecule has 0 spiro atoms. The van der Waals surface area contributed by atoms with Crippen LogP contribution >= 0.6 is 11.8 Å². The lowest BCUT2D eigenvalue weighted by Gasteiger charge is -2.12. The number of urea groups is 1. The molecular formula is C30H26N4O4S. The minimum absolute atomic E-state index is 0.0666. The summed E-state index contributed by atoms with van der Waals surface area (Å²) in [6, 6.07) is 23.8. The van der Waals surface area contributed by atoms with Gasteiger partial charge in [-0.2, -0.15) is 0 Å². The summed E-state index contributed by atoms with van der Waals surface area (Å²) in [5.41, 5.74) is 6.02. The predicted molar refractivity (Wildman–Crippen MR) is 151 cm³/mol. The summed E-state index contributed by atoms with van der Waals surface area (Å²) in [7, 11) is 0. The molecule has 0 bridgehead atoms. The first-order chi connectivity index (χ1) is 18.7. The highest BCUT2D eigenvalue weighted by molar-refractivity contribution is 7.99. The van der Waals surface area contributed by atoms with Gasteiger partial charge in [-0.05, 0) is 80.4 Å². The number of nitrogens with zero attached hydrogens (tertiary/aromatic N) is 3. The molecule has 1 N–H and O–H groups in total. The van der Waals surface area contributed by atoms with Crippen LogP contribution in [0.15, 0.2) is 94.4 Å². The van der Waals surface area contributed by atoms with Gasteiger partial charge in [0.15, 0.2) is 0 Å². The molecule has 0 unspecified atom stereocenters. The van der Waals surface area contributed by atoms with Gasteiger partial charge in [-0.3, -0.25) is 19.8 Å². The SMILES string of the molecule is Cc1cccc(CN2C(=O)N/C(=C/c3cc(C)n(-c4ccc(Sc5ccc([N+](=O)[O-])cc5)cc4)c3C)C2=O)c1. The molecule has 4 aromatic rings. The number of imide groups is 1. The normalized spacial score (nSPS) is 14.2. The van der Waals surface area contributed by atoms with Crippen LogP contribution in [0.25, 0.3) is 11.8 Å². The van der Waals surface area contributed by atoms with Crippen molar-refractivity contribution >= 4 is 35.5 Å². The zero-order chi connectivity index (χ0) is 27.7.